The summed E-state index contributed by atoms with van der Waals surface area (Å²) in [6, 6.07) is 12.3. The summed E-state index contributed by atoms with van der Waals surface area (Å²) in [5.74, 6) is 0.503. The number of aromatic nitrogens is 3. The fourth-order valence-corrected chi connectivity index (χ4v) is 2.82. The van der Waals surface area contributed by atoms with Crippen LogP contribution >= 0.6 is 11.6 Å². The molecule has 0 spiro atoms. The molecular weight excluding hydrogens is 270 g/mol. The van der Waals surface area contributed by atoms with Gasteiger partial charge in [-0.2, -0.15) is 5.10 Å². The first-order chi connectivity index (χ1) is 9.69. The van der Waals surface area contributed by atoms with Crippen molar-refractivity contribution in [3.63, 3.8) is 0 Å². The molecule has 0 bridgehead atoms. The Balaban J connectivity index is 1.97. The number of halogens is 1. The molecule has 0 radical (unpaired) electrons. The average Bonchev–Trinajstić information content (AvgIpc) is 2.73. The van der Waals surface area contributed by atoms with Crippen LogP contribution in [-0.4, -0.2) is 14.8 Å². The SMILES string of the molecule is Cc1nn(Cc2ccc3ccccc3n2)c(C)c1CCl. The molecule has 0 N–H and O–H groups in total. The van der Waals surface area contributed by atoms with Gasteiger partial charge < -0.3 is 0 Å². The van der Waals surface area contributed by atoms with Gasteiger partial charge >= 0.3 is 0 Å². The van der Waals surface area contributed by atoms with Crippen LogP contribution in [0.2, 0.25) is 0 Å². The molecule has 2 heterocycles. The number of para-hydroxylation sites is 1. The Labute approximate surface area is 123 Å². The van der Waals surface area contributed by atoms with E-state index in [1.807, 2.05) is 29.8 Å². The molecular formula is C16H16ClN3. The normalized spacial score (nSPS) is 11.2. The Morgan fingerprint density at radius 2 is 1.90 bits per heavy atom. The molecule has 4 heteroatoms. The van der Waals surface area contributed by atoms with Crippen molar-refractivity contribution < 1.29 is 0 Å². The van der Waals surface area contributed by atoms with Crippen molar-refractivity contribution >= 4 is 22.5 Å². The maximum atomic E-state index is 5.96. The second kappa shape index (κ2) is 5.25. The van der Waals surface area contributed by atoms with E-state index in [0.29, 0.717) is 12.4 Å². The van der Waals surface area contributed by atoms with Crippen molar-refractivity contribution in [3.8, 4) is 0 Å². The molecule has 0 fully saturated rings. The lowest BCUT2D eigenvalue weighted by molar-refractivity contribution is 0.648. The first-order valence-corrected chi connectivity index (χ1v) is 7.16. The second-order valence-corrected chi connectivity index (χ2v) is 5.20. The van der Waals surface area contributed by atoms with Crippen molar-refractivity contribution in [2.45, 2.75) is 26.3 Å². The zero-order valence-electron chi connectivity index (χ0n) is 11.6. The highest BCUT2D eigenvalue weighted by molar-refractivity contribution is 6.17. The molecule has 0 saturated carbocycles. The van der Waals surface area contributed by atoms with Crippen molar-refractivity contribution in [2.75, 3.05) is 0 Å². The summed E-state index contributed by atoms with van der Waals surface area (Å²) in [5.41, 5.74) is 5.26. The fraction of sp³-hybridized carbons (Fsp3) is 0.250. The summed E-state index contributed by atoms with van der Waals surface area (Å²) >= 11 is 5.96. The van der Waals surface area contributed by atoms with Gasteiger partial charge in [0.15, 0.2) is 0 Å². The quantitative estimate of drug-likeness (QED) is 0.685. The largest absolute Gasteiger partial charge is 0.263 e. The molecule has 0 unspecified atom stereocenters. The van der Waals surface area contributed by atoms with Gasteiger partial charge in [-0.05, 0) is 26.0 Å². The van der Waals surface area contributed by atoms with Gasteiger partial charge in [-0.15, -0.1) is 11.6 Å². The third-order valence-electron chi connectivity index (χ3n) is 3.63. The first kappa shape index (κ1) is 13.1. The molecule has 3 aromatic rings. The lowest BCUT2D eigenvalue weighted by atomic mass is 10.2. The van der Waals surface area contributed by atoms with E-state index in [2.05, 4.69) is 35.2 Å². The number of nitrogens with zero attached hydrogens (tertiary/aromatic N) is 3. The van der Waals surface area contributed by atoms with Gasteiger partial charge in [0.25, 0.3) is 0 Å². The van der Waals surface area contributed by atoms with Gasteiger partial charge in [-0.3, -0.25) is 9.67 Å². The van der Waals surface area contributed by atoms with Crippen LogP contribution in [0.3, 0.4) is 0 Å². The second-order valence-electron chi connectivity index (χ2n) is 4.94. The van der Waals surface area contributed by atoms with E-state index < -0.39 is 0 Å². The van der Waals surface area contributed by atoms with Gasteiger partial charge in [0.1, 0.15) is 0 Å². The number of alkyl halides is 1. The van der Waals surface area contributed by atoms with Crippen LogP contribution < -0.4 is 0 Å². The van der Waals surface area contributed by atoms with Crippen molar-refractivity contribution in [3.05, 3.63) is 59.0 Å². The van der Waals surface area contributed by atoms with E-state index >= 15 is 0 Å². The summed E-state index contributed by atoms with van der Waals surface area (Å²) in [6.07, 6.45) is 0. The van der Waals surface area contributed by atoms with Gasteiger partial charge in [0.05, 0.1) is 29.3 Å². The smallest absolute Gasteiger partial charge is 0.0834 e. The van der Waals surface area contributed by atoms with E-state index in [-0.39, 0.29) is 0 Å². The van der Waals surface area contributed by atoms with Gasteiger partial charge in [0, 0.05) is 16.6 Å². The highest BCUT2D eigenvalue weighted by atomic mass is 35.5. The average molecular weight is 286 g/mol. The molecule has 3 nitrogen and oxygen atoms in total. The lowest BCUT2D eigenvalue weighted by Gasteiger charge is -2.06. The predicted octanol–water partition coefficient (Wildman–Crippen LogP) is 3.84. The van der Waals surface area contributed by atoms with Crippen LogP contribution in [0.4, 0.5) is 0 Å². The van der Waals surface area contributed by atoms with Crippen molar-refractivity contribution in [2.24, 2.45) is 0 Å². The monoisotopic (exact) mass is 285 g/mol. The highest BCUT2D eigenvalue weighted by Gasteiger charge is 2.11. The summed E-state index contributed by atoms with van der Waals surface area (Å²) in [7, 11) is 0. The Hall–Kier alpha value is -1.87. The predicted molar refractivity (Wildman–Crippen MR) is 82.1 cm³/mol. The van der Waals surface area contributed by atoms with E-state index in [9.17, 15) is 0 Å². The lowest BCUT2D eigenvalue weighted by Crippen LogP contribution is -2.06. The van der Waals surface area contributed by atoms with E-state index in [4.69, 9.17) is 11.6 Å². The zero-order valence-corrected chi connectivity index (χ0v) is 12.4. The minimum Gasteiger partial charge on any atom is -0.263 e. The zero-order chi connectivity index (χ0) is 14.1. The third kappa shape index (κ3) is 2.29. The minimum atomic E-state index is 0.503. The van der Waals surface area contributed by atoms with Crippen LogP contribution in [0, 0.1) is 13.8 Å². The van der Waals surface area contributed by atoms with Crippen molar-refractivity contribution in [1.29, 1.82) is 0 Å². The van der Waals surface area contributed by atoms with E-state index in [0.717, 1.165) is 33.5 Å². The molecule has 0 atom stereocenters. The van der Waals surface area contributed by atoms with E-state index in [1.165, 1.54) is 0 Å². The van der Waals surface area contributed by atoms with Gasteiger partial charge in [-0.1, -0.05) is 24.3 Å². The maximum Gasteiger partial charge on any atom is 0.0834 e. The Bertz CT molecular complexity index is 762. The highest BCUT2D eigenvalue weighted by Crippen LogP contribution is 2.17. The molecule has 20 heavy (non-hydrogen) atoms. The number of hydrogen-bond donors (Lipinski definition) is 0. The topological polar surface area (TPSA) is 30.7 Å². The molecule has 102 valence electrons. The van der Waals surface area contributed by atoms with Gasteiger partial charge in [-0.25, -0.2) is 0 Å². The van der Waals surface area contributed by atoms with Crippen LogP contribution in [0.1, 0.15) is 22.6 Å². The first-order valence-electron chi connectivity index (χ1n) is 6.62. The number of hydrogen-bond acceptors (Lipinski definition) is 2. The Morgan fingerprint density at radius 3 is 2.65 bits per heavy atom. The van der Waals surface area contributed by atoms with E-state index in [1.54, 1.807) is 0 Å². The Morgan fingerprint density at radius 1 is 1.10 bits per heavy atom. The number of pyridine rings is 1. The standard InChI is InChI=1S/C16H16ClN3/c1-11-15(9-17)12(2)20(19-11)10-14-8-7-13-5-3-4-6-16(13)18-14/h3-8H,9-10H2,1-2H3. The fourth-order valence-electron chi connectivity index (χ4n) is 2.43. The molecule has 2 aromatic heterocycles. The summed E-state index contributed by atoms with van der Waals surface area (Å²) in [6.45, 7) is 4.72. The molecule has 0 aliphatic carbocycles. The van der Waals surface area contributed by atoms with Crippen LogP contribution in [0.25, 0.3) is 10.9 Å². The van der Waals surface area contributed by atoms with Gasteiger partial charge in [0.2, 0.25) is 0 Å². The number of benzene rings is 1. The summed E-state index contributed by atoms with van der Waals surface area (Å²) < 4.78 is 1.98. The molecule has 0 aliphatic rings. The van der Waals surface area contributed by atoms with Crippen LogP contribution in [0.5, 0.6) is 0 Å². The summed E-state index contributed by atoms with van der Waals surface area (Å²) in [5, 5.41) is 5.71. The molecule has 0 saturated heterocycles. The molecule has 1 aromatic carbocycles. The number of fused-ring (bicyclic) bond motifs is 1. The van der Waals surface area contributed by atoms with Crippen molar-refractivity contribution in [1.82, 2.24) is 14.8 Å². The summed E-state index contributed by atoms with van der Waals surface area (Å²) in [4.78, 5) is 4.68. The third-order valence-corrected chi connectivity index (χ3v) is 3.90. The molecule has 3 rings (SSSR count). The number of rotatable bonds is 3. The molecule has 0 aliphatic heterocycles. The Kier molecular flexibility index (Phi) is 3.45. The van der Waals surface area contributed by atoms with Crippen LogP contribution in [-0.2, 0) is 12.4 Å². The molecule has 0 amide bonds. The minimum absolute atomic E-state index is 0.503. The van der Waals surface area contributed by atoms with Crippen LogP contribution in [0.15, 0.2) is 36.4 Å². The maximum absolute atomic E-state index is 5.96. The number of aryl methyl sites for hydroxylation is 1.